The zero-order chi connectivity index (χ0) is 15.8. The average molecular weight is 315 g/mol. The number of carboxylic acid groups (broad SMARTS) is 1. The number of rotatable bonds is 7. The van der Waals surface area contributed by atoms with Crippen LogP contribution in [-0.2, 0) is 19.1 Å². The Hall–Kier alpha value is -2.12. The van der Waals surface area contributed by atoms with Crippen LogP contribution in [0.4, 0.5) is 11.4 Å². The number of benzene rings is 1. The van der Waals surface area contributed by atoms with Gasteiger partial charge in [0.05, 0.1) is 10.7 Å². The summed E-state index contributed by atoms with van der Waals surface area (Å²) >= 11 is 5.93. The largest absolute Gasteiger partial charge is 0.480 e. The van der Waals surface area contributed by atoms with Crippen LogP contribution < -0.4 is 10.6 Å². The molecule has 0 aliphatic rings. The Morgan fingerprint density at radius 2 is 1.90 bits per heavy atom. The number of aliphatic carboxylic acids is 1. The van der Waals surface area contributed by atoms with Crippen LogP contribution in [0.1, 0.15) is 13.3 Å². The van der Waals surface area contributed by atoms with E-state index in [2.05, 4.69) is 15.4 Å². The van der Waals surface area contributed by atoms with Crippen LogP contribution in [-0.4, -0.2) is 36.1 Å². The molecule has 2 amide bonds. The topological polar surface area (TPSA) is 105 Å². The van der Waals surface area contributed by atoms with Crippen LogP contribution in [0.2, 0.25) is 5.02 Å². The smallest absolute Gasteiger partial charge is 0.329 e. The van der Waals surface area contributed by atoms with E-state index in [9.17, 15) is 14.4 Å². The predicted molar refractivity (Wildman–Crippen MR) is 77.5 cm³/mol. The van der Waals surface area contributed by atoms with Crippen molar-refractivity contribution < 1.29 is 24.2 Å². The van der Waals surface area contributed by atoms with Gasteiger partial charge in [0.2, 0.25) is 11.8 Å². The number of ether oxygens (including phenoxy) is 1. The van der Waals surface area contributed by atoms with E-state index in [0.29, 0.717) is 17.8 Å². The number of halogens is 1. The van der Waals surface area contributed by atoms with E-state index in [1.807, 2.05) is 0 Å². The first-order valence-electron chi connectivity index (χ1n) is 6.11. The average Bonchev–Trinajstić information content (AvgIpc) is 2.42. The third-order valence-electron chi connectivity index (χ3n) is 2.30. The first-order valence-corrected chi connectivity index (χ1v) is 6.49. The lowest BCUT2D eigenvalue weighted by molar-refractivity contribution is -0.143. The molecule has 114 valence electrons. The monoisotopic (exact) mass is 314 g/mol. The molecule has 7 nitrogen and oxygen atoms in total. The van der Waals surface area contributed by atoms with Gasteiger partial charge in [0.15, 0.2) is 0 Å². The molecule has 1 aromatic rings. The molecule has 0 saturated carbocycles. The molecule has 0 fully saturated rings. The van der Waals surface area contributed by atoms with Gasteiger partial charge in [-0.2, -0.15) is 0 Å². The van der Waals surface area contributed by atoms with Gasteiger partial charge in [-0.3, -0.25) is 9.59 Å². The highest BCUT2D eigenvalue weighted by atomic mass is 35.5. The van der Waals surface area contributed by atoms with Gasteiger partial charge < -0.3 is 20.5 Å². The summed E-state index contributed by atoms with van der Waals surface area (Å²) in [6.07, 6.45) is 0.327. The van der Waals surface area contributed by atoms with Gasteiger partial charge in [-0.15, -0.1) is 0 Å². The summed E-state index contributed by atoms with van der Waals surface area (Å²) in [7, 11) is 0. The highest BCUT2D eigenvalue weighted by molar-refractivity contribution is 6.33. The van der Waals surface area contributed by atoms with Crippen molar-refractivity contribution in [3.05, 3.63) is 23.2 Å². The second-order valence-electron chi connectivity index (χ2n) is 4.03. The molecule has 21 heavy (non-hydrogen) atoms. The molecule has 3 N–H and O–H groups in total. The molecule has 0 aromatic heterocycles. The molecule has 0 heterocycles. The van der Waals surface area contributed by atoms with E-state index in [1.165, 1.54) is 12.1 Å². The molecular weight excluding hydrogens is 300 g/mol. The number of carbonyl (C=O) groups excluding carboxylic acids is 2. The molecule has 0 spiro atoms. The fraction of sp³-hybridized carbons (Fsp3) is 0.308. The maximum atomic E-state index is 11.6. The van der Waals surface area contributed by atoms with Gasteiger partial charge in [0.1, 0.15) is 13.2 Å². The number of amides is 2. The lowest BCUT2D eigenvalue weighted by Crippen LogP contribution is -2.21. The predicted octanol–water partition coefficient (Wildman–Crippen LogP) is 1.73. The van der Waals surface area contributed by atoms with E-state index >= 15 is 0 Å². The van der Waals surface area contributed by atoms with E-state index in [-0.39, 0.29) is 10.9 Å². The molecule has 8 heteroatoms. The Morgan fingerprint density at radius 1 is 1.19 bits per heavy atom. The SMILES string of the molecule is CCC(=O)Nc1ccc(Cl)c(NC(=O)COCC(=O)O)c1. The van der Waals surface area contributed by atoms with Gasteiger partial charge in [-0.1, -0.05) is 18.5 Å². The van der Waals surface area contributed by atoms with E-state index < -0.39 is 25.1 Å². The van der Waals surface area contributed by atoms with Gasteiger partial charge >= 0.3 is 5.97 Å². The van der Waals surface area contributed by atoms with Crippen molar-refractivity contribution in [2.45, 2.75) is 13.3 Å². The van der Waals surface area contributed by atoms with Crippen LogP contribution in [0.15, 0.2) is 18.2 Å². The summed E-state index contributed by atoms with van der Waals surface area (Å²) in [5.41, 5.74) is 0.794. The minimum atomic E-state index is -1.16. The molecule has 0 saturated heterocycles. The third kappa shape index (κ3) is 6.24. The van der Waals surface area contributed by atoms with E-state index in [1.54, 1.807) is 13.0 Å². The highest BCUT2D eigenvalue weighted by Crippen LogP contribution is 2.25. The fourth-order valence-corrected chi connectivity index (χ4v) is 1.53. The summed E-state index contributed by atoms with van der Waals surface area (Å²) in [5.74, 6) is -1.87. The lowest BCUT2D eigenvalue weighted by atomic mass is 10.2. The Balaban J connectivity index is 2.64. The molecule has 0 atom stereocenters. The molecule has 0 aliphatic heterocycles. The number of carboxylic acids is 1. The lowest BCUT2D eigenvalue weighted by Gasteiger charge is -2.10. The number of carbonyl (C=O) groups is 3. The standard InChI is InChI=1S/C13H15ClN2O5/c1-2-11(17)15-8-3-4-9(14)10(5-8)16-12(18)6-21-7-13(19)20/h3-5H,2,6-7H2,1H3,(H,15,17)(H,16,18)(H,19,20). The summed E-state index contributed by atoms with van der Waals surface area (Å²) < 4.78 is 4.66. The van der Waals surface area contributed by atoms with Crippen LogP contribution in [0.25, 0.3) is 0 Å². The summed E-state index contributed by atoms with van der Waals surface area (Å²) in [6.45, 7) is 0.746. The van der Waals surface area contributed by atoms with Crippen molar-refractivity contribution in [3.8, 4) is 0 Å². The molecule has 1 aromatic carbocycles. The molecule has 0 bridgehead atoms. The van der Waals surface area contributed by atoms with Crippen molar-refractivity contribution >= 4 is 40.8 Å². The second kappa shape index (κ2) is 8.23. The van der Waals surface area contributed by atoms with Gasteiger partial charge in [-0.05, 0) is 18.2 Å². The van der Waals surface area contributed by atoms with Gasteiger partial charge in [0.25, 0.3) is 0 Å². The van der Waals surface area contributed by atoms with Crippen molar-refractivity contribution in [2.24, 2.45) is 0 Å². The number of hydrogen-bond acceptors (Lipinski definition) is 4. The Morgan fingerprint density at radius 3 is 2.52 bits per heavy atom. The van der Waals surface area contributed by atoms with Crippen LogP contribution in [0, 0.1) is 0 Å². The van der Waals surface area contributed by atoms with Crippen LogP contribution in [0.3, 0.4) is 0 Å². The zero-order valence-electron chi connectivity index (χ0n) is 11.3. The van der Waals surface area contributed by atoms with Gasteiger partial charge in [-0.25, -0.2) is 4.79 Å². The quantitative estimate of drug-likeness (QED) is 0.711. The van der Waals surface area contributed by atoms with Crippen LogP contribution >= 0.6 is 11.6 Å². The Bertz CT molecular complexity index is 547. The molecule has 0 unspecified atom stereocenters. The first kappa shape index (κ1) is 16.9. The van der Waals surface area contributed by atoms with Crippen molar-refractivity contribution in [3.63, 3.8) is 0 Å². The van der Waals surface area contributed by atoms with Gasteiger partial charge in [0, 0.05) is 12.1 Å². The third-order valence-corrected chi connectivity index (χ3v) is 2.63. The van der Waals surface area contributed by atoms with Crippen molar-refractivity contribution in [2.75, 3.05) is 23.8 Å². The van der Waals surface area contributed by atoms with E-state index in [0.717, 1.165) is 0 Å². The summed E-state index contributed by atoms with van der Waals surface area (Å²) in [6, 6.07) is 4.64. The summed E-state index contributed by atoms with van der Waals surface area (Å²) in [4.78, 5) is 33.1. The minimum Gasteiger partial charge on any atom is -0.480 e. The Kier molecular flexibility index (Phi) is 6.64. The normalized spacial score (nSPS) is 10.0. The van der Waals surface area contributed by atoms with Crippen LogP contribution in [0.5, 0.6) is 0 Å². The Labute approximate surface area is 126 Å². The fourth-order valence-electron chi connectivity index (χ4n) is 1.37. The second-order valence-corrected chi connectivity index (χ2v) is 4.44. The first-order chi connectivity index (χ1) is 9.92. The minimum absolute atomic E-state index is 0.167. The van der Waals surface area contributed by atoms with E-state index in [4.69, 9.17) is 16.7 Å². The zero-order valence-corrected chi connectivity index (χ0v) is 12.1. The molecule has 1 rings (SSSR count). The maximum absolute atomic E-state index is 11.6. The van der Waals surface area contributed by atoms with Crippen molar-refractivity contribution in [1.82, 2.24) is 0 Å². The highest BCUT2D eigenvalue weighted by Gasteiger charge is 2.09. The maximum Gasteiger partial charge on any atom is 0.329 e. The molecular formula is C13H15ClN2O5. The number of hydrogen-bond donors (Lipinski definition) is 3. The number of anilines is 2. The summed E-state index contributed by atoms with van der Waals surface area (Å²) in [5, 5.41) is 13.8. The van der Waals surface area contributed by atoms with Crippen molar-refractivity contribution in [1.29, 1.82) is 0 Å². The molecule has 0 aliphatic carbocycles. The number of nitrogens with one attached hydrogen (secondary N) is 2. The molecule has 0 radical (unpaired) electrons.